The predicted octanol–water partition coefficient (Wildman–Crippen LogP) is 2.96. The number of nitrogens with one attached hydrogen (secondary N) is 2. The lowest BCUT2D eigenvalue weighted by molar-refractivity contribution is 0.444. The Labute approximate surface area is 138 Å². The Morgan fingerprint density at radius 1 is 1.45 bits per heavy atom. The molecule has 0 saturated carbocycles. The van der Waals surface area contributed by atoms with Gasteiger partial charge in [0.15, 0.2) is 5.11 Å². The van der Waals surface area contributed by atoms with E-state index in [0.29, 0.717) is 22.9 Å². The van der Waals surface area contributed by atoms with E-state index in [0.717, 1.165) is 31.1 Å². The highest BCUT2D eigenvalue weighted by Crippen LogP contribution is 2.22. The molecule has 1 aliphatic rings. The molecule has 1 aromatic heterocycles. The summed E-state index contributed by atoms with van der Waals surface area (Å²) in [5.74, 6) is 2.83. The molecule has 6 heteroatoms. The topological polar surface area (TPSA) is 53.1 Å². The van der Waals surface area contributed by atoms with Crippen molar-refractivity contribution in [3.63, 3.8) is 0 Å². The molecular formula is C16H27N5S. The van der Waals surface area contributed by atoms with E-state index in [1.54, 1.807) is 0 Å². The minimum Gasteiger partial charge on any atom is -0.362 e. The lowest BCUT2D eigenvalue weighted by atomic mass is 10.0. The van der Waals surface area contributed by atoms with Crippen molar-refractivity contribution in [2.45, 2.75) is 40.5 Å². The van der Waals surface area contributed by atoms with Crippen molar-refractivity contribution in [2.75, 3.05) is 29.9 Å². The van der Waals surface area contributed by atoms with Crippen LogP contribution in [0.3, 0.4) is 0 Å². The second-order valence-electron chi connectivity index (χ2n) is 6.61. The molecule has 0 aliphatic carbocycles. The summed E-state index contributed by atoms with van der Waals surface area (Å²) < 4.78 is 0. The van der Waals surface area contributed by atoms with Gasteiger partial charge in [-0.2, -0.15) is 4.98 Å². The van der Waals surface area contributed by atoms with E-state index < -0.39 is 0 Å². The molecule has 122 valence electrons. The van der Waals surface area contributed by atoms with Gasteiger partial charge in [0.2, 0.25) is 5.95 Å². The number of nitrogens with zero attached hydrogens (tertiary/aromatic N) is 3. The SMILES string of the molecule is Cc1cc(N2CCCC(C)C2)nc(NC(=S)NCC(C)C)n1. The fourth-order valence-corrected chi connectivity index (χ4v) is 2.78. The zero-order valence-corrected chi connectivity index (χ0v) is 14.8. The summed E-state index contributed by atoms with van der Waals surface area (Å²) in [7, 11) is 0. The second-order valence-corrected chi connectivity index (χ2v) is 7.02. The van der Waals surface area contributed by atoms with Gasteiger partial charge >= 0.3 is 0 Å². The maximum Gasteiger partial charge on any atom is 0.231 e. The van der Waals surface area contributed by atoms with Crippen LogP contribution in [0, 0.1) is 18.8 Å². The molecule has 1 aliphatic heterocycles. The molecule has 1 atom stereocenters. The van der Waals surface area contributed by atoms with E-state index in [4.69, 9.17) is 12.2 Å². The molecule has 0 aromatic carbocycles. The largest absolute Gasteiger partial charge is 0.362 e. The number of thiocarbonyl (C=S) groups is 1. The maximum absolute atomic E-state index is 5.30. The number of hydrogen-bond donors (Lipinski definition) is 2. The molecule has 1 saturated heterocycles. The summed E-state index contributed by atoms with van der Waals surface area (Å²) in [5, 5.41) is 6.86. The van der Waals surface area contributed by atoms with Crippen molar-refractivity contribution in [1.29, 1.82) is 0 Å². The number of aryl methyl sites for hydroxylation is 1. The van der Waals surface area contributed by atoms with Gasteiger partial charge in [-0.1, -0.05) is 20.8 Å². The van der Waals surface area contributed by atoms with Crippen molar-refractivity contribution in [3.05, 3.63) is 11.8 Å². The highest BCUT2D eigenvalue weighted by Gasteiger charge is 2.18. The summed E-state index contributed by atoms with van der Waals surface area (Å²) in [5.41, 5.74) is 0.956. The van der Waals surface area contributed by atoms with Crippen LogP contribution in [0.25, 0.3) is 0 Å². The minimum atomic E-state index is 0.545. The molecule has 2 N–H and O–H groups in total. The van der Waals surface area contributed by atoms with Crippen molar-refractivity contribution >= 4 is 29.1 Å². The van der Waals surface area contributed by atoms with Crippen molar-refractivity contribution < 1.29 is 0 Å². The highest BCUT2D eigenvalue weighted by molar-refractivity contribution is 7.80. The van der Waals surface area contributed by atoms with Gasteiger partial charge < -0.3 is 15.5 Å². The first-order chi connectivity index (χ1) is 10.4. The fourth-order valence-electron chi connectivity index (χ4n) is 2.61. The third-order valence-electron chi connectivity index (χ3n) is 3.72. The van der Waals surface area contributed by atoms with E-state index in [9.17, 15) is 0 Å². The van der Waals surface area contributed by atoms with Gasteiger partial charge in [-0.05, 0) is 43.8 Å². The van der Waals surface area contributed by atoms with Crippen molar-refractivity contribution in [1.82, 2.24) is 15.3 Å². The number of hydrogen-bond acceptors (Lipinski definition) is 4. The lowest BCUT2D eigenvalue weighted by Crippen LogP contribution is -2.35. The summed E-state index contributed by atoms with van der Waals surface area (Å²) in [6.45, 7) is 11.6. The summed E-state index contributed by atoms with van der Waals surface area (Å²) >= 11 is 5.30. The standard InChI is InChI=1S/C16H27N5S/c1-11(2)9-17-16(22)20-15-18-13(4)8-14(19-15)21-7-5-6-12(3)10-21/h8,11-12H,5-7,9-10H2,1-4H3,(H2,17,18,19,20,22). The minimum absolute atomic E-state index is 0.545. The fraction of sp³-hybridized carbons (Fsp3) is 0.688. The van der Waals surface area contributed by atoms with Crippen LogP contribution in [0.1, 0.15) is 39.3 Å². The van der Waals surface area contributed by atoms with Gasteiger partial charge in [-0.3, -0.25) is 0 Å². The van der Waals surface area contributed by atoms with Gasteiger partial charge in [-0.25, -0.2) is 4.98 Å². The van der Waals surface area contributed by atoms with Crippen LogP contribution in [0.4, 0.5) is 11.8 Å². The quantitative estimate of drug-likeness (QED) is 0.832. The molecule has 1 fully saturated rings. The Hall–Kier alpha value is -1.43. The molecule has 0 bridgehead atoms. The number of anilines is 2. The smallest absolute Gasteiger partial charge is 0.231 e. The molecule has 0 radical (unpaired) electrons. The summed E-state index contributed by atoms with van der Waals surface area (Å²) in [6, 6.07) is 2.05. The monoisotopic (exact) mass is 321 g/mol. The molecule has 1 unspecified atom stereocenters. The molecule has 0 spiro atoms. The highest BCUT2D eigenvalue weighted by atomic mass is 32.1. The molecule has 1 aromatic rings. The van der Waals surface area contributed by atoms with Gasteiger partial charge in [0.05, 0.1) is 0 Å². The summed E-state index contributed by atoms with van der Waals surface area (Å²) in [6.07, 6.45) is 2.52. The molecule has 2 rings (SSSR count). The first kappa shape index (κ1) is 16.9. The van der Waals surface area contributed by atoms with E-state index in [1.165, 1.54) is 12.8 Å². The Balaban J connectivity index is 2.04. The zero-order chi connectivity index (χ0) is 16.1. The zero-order valence-electron chi connectivity index (χ0n) is 14.0. The van der Waals surface area contributed by atoms with Gasteiger partial charge in [-0.15, -0.1) is 0 Å². The average Bonchev–Trinajstić information content (AvgIpc) is 2.44. The van der Waals surface area contributed by atoms with Crippen LogP contribution in [0.5, 0.6) is 0 Å². The van der Waals surface area contributed by atoms with E-state index in [1.807, 2.05) is 13.0 Å². The predicted molar refractivity (Wildman–Crippen MR) is 96.4 cm³/mol. The number of piperidine rings is 1. The molecule has 5 nitrogen and oxygen atoms in total. The number of aromatic nitrogens is 2. The first-order valence-corrected chi connectivity index (χ1v) is 8.50. The van der Waals surface area contributed by atoms with E-state index in [-0.39, 0.29) is 0 Å². The van der Waals surface area contributed by atoms with Crippen LogP contribution < -0.4 is 15.5 Å². The third kappa shape index (κ3) is 5.09. The number of rotatable bonds is 4. The average molecular weight is 321 g/mol. The van der Waals surface area contributed by atoms with Gasteiger partial charge in [0.1, 0.15) is 5.82 Å². The molecule has 22 heavy (non-hydrogen) atoms. The van der Waals surface area contributed by atoms with E-state index in [2.05, 4.69) is 46.3 Å². The first-order valence-electron chi connectivity index (χ1n) is 8.09. The summed E-state index contributed by atoms with van der Waals surface area (Å²) in [4.78, 5) is 11.4. The molecular weight excluding hydrogens is 294 g/mol. The Bertz CT molecular complexity index is 517. The Morgan fingerprint density at radius 3 is 2.91 bits per heavy atom. The van der Waals surface area contributed by atoms with Gasteiger partial charge in [0, 0.05) is 31.4 Å². The van der Waals surface area contributed by atoms with Crippen LogP contribution in [-0.2, 0) is 0 Å². The molecule has 0 amide bonds. The van der Waals surface area contributed by atoms with E-state index >= 15 is 0 Å². The lowest BCUT2D eigenvalue weighted by Gasteiger charge is -2.32. The maximum atomic E-state index is 5.30. The Morgan fingerprint density at radius 2 is 2.23 bits per heavy atom. The van der Waals surface area contributed by atoms with Crippen molar-refractivity contribution in [3.8, 4) is 0 Å². The van der Waals surface area contributed by atoms with Crippen LogP contribution >= 0.6 is 12.2 Å². The van der Waals surface area contributed by atoms with Crippen LogP contribution in [-0.4, -0.2) is 34.7 Å². The van der Waals surface area contributed by atoms with Crippen LogP contribution in [0.15, 0.2) is 6.07 Å². The Kier molecular flexibility index (Phi) is 5.94. The normalized spacial score (nSPS) is 18.4. The second kappa shape index (κ2) is 7.72. The van der Waals surface area contributed by atoms with Crippen LogP contribution in [0.2, 0.25) is 0 Å². The van der Waals surface area contributed by atoms with Gasteiger partial charge in [0.25, 0.3) is 0 Å². The molecule has 2 heterocycles. The third-order valence-corrected chi connectivity index (χ3v) is 3.96. The van der Waals surface area contributed by atoms with Crippen molar-refractivity contribution in [2.24, 2.45) is 11.8 Å².